The van der Waals surface area contributed by atoms with E-state index in [0.29, 0.717) is 12.3 Å². The van der Waals surface area contributed by atoms with Crippen molar-refractivity contribution < 1.29 is 24.0 Å². The summed E-state index contributed by atoms with van der Waals surface area (Å²) in [4.78, 5) is 59.7. The van der Waals surface area contributed by atoms with Gasteiger partial charge in [-0.1, -0.05) is 12.1 Å². The van der Waals surface area contributed by atoms with Crippen LogP contribution >= 0.6 is 0 Å². The summed E-state index contributed by atoms with van der Waals surface area (Å²) in [6.45, 7) is 4.23. The minimum Gasteiger partial charge on any atom is -0.462 e. The number of aromatic nitrogens is 3. The van der Waals surface area contributed by atoms with Crippen LogP contribution in [-0.4, -0.2) is 50.1 Å². The van der Waals surface area contributed by atoms with Gasteiger partial charge in [0.1, 0.15) is 16.9 Å². The first kappa shape index (κ1) is 25.9. The van der Waals surface area contributed by atoms with E-state index in [4.69, 9.17) is 14.5 Å². The van der Waals surface area contributed by atoms with Gasteiger partial charge in [-0.05, 0) is 50.5 Å². The number of hydrogen-bond acceptors (Lipinski definition) is 8. The van der Waals surface area contributed by atoms with Crippen molar-refractivity contribution in [2.75, 3.05) is 13.2 Å². The number of non-ortho nitro benzene ring substituents is 1. The number of rotatable bonds is 6. The first-order valence-electron chi connectivity index (χ1n) is 12.5. The molecule has 1 atom stereocenters. The van der Waals surface area contributed by atoms with Gasteiger partial charge >= 0.3 is 5.97 Å². The van der Waals surface area contributed by atoms with Gasteiger partial charge < -0.3 is 14.0 Å². The van der Waals surface area contributed by atoms with Crippen LogP contribution in [0.15, 0.2) is 58.4 Å². The van der Waals surface area contributed by atoms with Crippen molar-refractivity contribution in [1.29, 1.82) is 0 Å². The third-order valence-corrected chi connectivity index (χ3v) is 6.52. The molecule has 0 unspecified atom stereocenters. The Morgan fingerprint density at radius 3 is 2.77 bits per heavy atom. The van der Waals surface area contributed by atoms with E-state index >= 15 is 0 Å². The van der Waals surface area contributed by atoms with Crippen molar-refractivity contribution in [1.82, 2.24) is 14.0 Å². The maximum absolute atomic E-state index is 13.6. The molecule has 0 saturated carbocycles. The Bertz CT molecular complexity index is 1770. The minimum absolute atomic E-state index is 0.0369. The molecule has 1 aliphatic heterocycles. The smallest absolute Gasteiger partial charge is 0.341 e. The minimum atomic E-state index is -0.807. The molecule has 4 aromatic rings. The molecule has 1 aromatic carbocycles. The molecule has 0 N–H and O–H groups in total. The van der Waals surface area contributed by atoms with Crippen molar-refractivity contribution in [2.45, 2.75) is 39.3 Å². The second-order valence-electron chi connectivity index (χ2n) is 9.11. The number of carbonyl (C=O) groups is 2. The summed E-state index contributed by atoms with van der Waals surface area (Å²) in [5, 5.41) is 11.4. The Morgan fingerprint density at radius 1 is 1.23 bits per heavy atom. The van der Waals surface area contributed by atoms with Gasteiger partial charge in [-0.2, -0.15) is 4.99 Å². The number of benzene rings is 1. The zero-order valence-corrected chi connectivity index (χ0v) is 21.3. The normalized spacial score (nSPS) is 15.6. The zero-order chi connectivity index (χ0) is 27.7. The molecule has 0 aliphatic carbocycles. The molecular weight excluding hydrogens is 506 g/mol. The Balaban J connectivity index is 1.86. The maximum atomic E-state index is 13.6. The summed E-state index contributed by atoms with van der Waals surface area (Å²) in [7, 11) is 0. The SMILES string of the molecule is CCOC(=O)c1cc2c(=O)n3cccc(C)c3nc2n(C[C@@H]2CCCO2)c1=NC(=O)c1cccc([N+](=O)[O-])c1. The molecule has 4 heterocycles. The highest BCUT2D eigenvalue weighted by Gasteiger charge is 2.24. The van der Waals surface area contributed by atoms with Crippen molar-refractivity contribution >= 4 is 34.2 Å². The molecule has 12 nitrogen and oxygen atoms in total. The quantitative estimate of drug-likeness (QED) is 0.160. The molecule has 5 rings (SSSR count). The molecule has 39 heavy (non-hydrogen) atoms. The number of hydrogen-bond donors (Lipinski definition) is 0. The largest absolute Gasteiger partial charge is 0.462 e. The average molecular weight is 532 g/mol. The van der Waals surface area contributed by atoms with Crippen LogP contribution in [0.5, 0.6) is 0 Å². The highest BCUT2D eigenvalue weighted by Crippen LogP contribution is 2.19. The van der Waals surface area contributed by atoms with Gasteiger partial charge in [-0.25, -0.2) is 9.78 Å². The van der Waals surface area contributed by atoms with E-state index in [1.807, 2.05) is 13.0 Å². The molecule has 1 amide bonds. The van der Waals surface area contributed by atoms with Crippen molar-refractivity contribution in [3.8, 4) is 0 Å². The number of nitro benzene ring substituents is 1. The van der Waals surface area contributed by atoms with Crippen LogP contribution in [-0.2, 0) is 16.0 Å². The van der Waals surface area contributed by atoms with Crippen molar-refractivity contribution in [3.63, 3.8) is 0 Å². The van der Waals surface area contributed by atoms with Gasteiger partial charge in [0.05, 0.1) is 29.6 Å². The number of pyridine rings is 2. The van der Waals surface area contributed by atoms with Gasteiger partial charge in [-0.15, -0.1) is 0 Å². The Labute approximate surface area is 221 Å². The van der Waals surface area contributed by atoms with Crippen LogP contribution in [0.25, 0.3) is 16.7 Å². The summed E-state index contributed by atoms with van der Waals surface area (Å²) in [6, 6.07) is 10.0. The van der Waals surface area contributed by atoms with Gasteiger partial charge in [0, 0.05) is 30.5 Å². The molecule has 0 spiro atoms. The van der Waals surface area contributed by atoms with Crippen LogP contribution in [0, 0.1) is 17.0 Å². The third kappa shape index (κ3) is 4.93. The van der Waals surface area contributed by atoms with E-state index in [0.717, 1.165) is 24.5 Å². The second kappa shape index (κ2) is 10.6. The van der Waals surface area contributed by atoms with Crippen LogP contribution in [0.2, 0.25) is 0 Å². The highest BCUT2D eigenvalue weighted by molar-refractivity contribution is 5.97. The Kier molecular flexibility index (Phi) is 7.03. The first-order chi connectivity index (χ1) is 18.8. The van der Waals surface area contributed by atoms with E-state index in [1.165, 1.54) is 28.7 Å². The predicted octanol–water partition coefficient (Wildman–Crippen LogP) is 2.96. The summed E-state index contributed by atoms with van der Waals surface area (Å²) in [5.41, 5.74) is 0.502. The lowest BCUT2D eigenvalue weighted by molar-refractivity contribution is -0.384. The monoisotopic (exact) mass is 531 g/mol. The van der Waals surface area contributed by atoms with E-state index in [9.17, 15) is 24.5 Å². The molecule has 200 valence electrons. The van der Waals surface area contributed by atoms with Crippen LogP contribution < -0.4 is 11.0 Å². The number of fused-ring (bicyclic) bond motifs is 2. The number of nitrogens with zero attached hydrogens (tertiary/aromatic N) is 5. The molecule has 3 aromatic heterocycles. The molecule has 0 radical (unpaired) electrons. The summed E-state index contributed by atoms with van der Waals surface area (Å²) in [6.07, 6.45) is 2.88. The molecule has 1 fully saturated rings. The number of carbonyl (C=O) groups excluding carboxylic acids is 2. The molecule has 1 saturated heterocycles. The Morgan fingerprint density at radius 2 is 2.05 bits per heavy atom. The molecular formula is C27H25N5O7. The highest BCUT2D eigenvalue weighted by atomic mass is 16.6. The van der Waals surface area contributed by atoms with Gasteiger partial charge in [-0.3, -0.25) is 24.1 Å². The van der Waals surface area contributed by atoms with E-state index < -0.39 is 22.4 Å². The fourth-order valence-corrected chi connectivity index (χ4v) is 4.64. The van der Waals surface area contributed by atoms with Crippen molar-refractivity contribution in [3.05, 3.63) is 91.3 Å². The first-order valence-corrected chi connectivity index (χ1v) is 12.5. The van der Waals surface area contributed by atoms with Gasteiger partial charge in [0.2, 0.25) is 0 Å². The van der Waals surface area contributed by atoms with E-state index in [-0.39, 0.29) is 52.6 Å². The van der Waals surface area contributed by atoms with Crippen molar-refractivity contribution in [2.24, 2.45) is 4.99 Å². The number of ether oxygens (including phenoxy) is 2. The molecule has 0 bridgehead atoms. The predicted molar refractivity (Wildman–Crippen MR) is 140 cm³/mol. The molecule has 1 aliphatic rings. The summed E-state index contributed by atoms with van der Waals surface area (Å²) >= 11 is 0. The van der Waals surface area contributed by atoms with Gasteiger partial charge in [0.15, 0.2) is 5.49 Å². The lowest BCUT2D eigenvalue weighted by Gasteiger charge is -2.18. The number of aryl methyl sites for hydroxylation is 1. The van der Waals surface area contributed by atoms with E-state index in [1.54, 1.807) is 23.8 Å². The number of nitro groups is 1. The fraction of sp³-hybridized carbons (Fsp3) is 0.296. The number of amides is 1. The average Bonchev–Trinajstić information content (AvgIpc) is 3.44. The standard InChI is InChI=1S/C27H25N5O7/c1-3-38-27(35)21-14-20-23(28-22-16(2)7-5-11-30(22)26(20)34)31(15-19-10-6-12-39-19)24(21)29-25(33)17-8-4-9-18(13-17)32(36)37/h4-5,7-9,11,13-14,19H,3,6,10,12,15H2,1-2H3/t19-/m0/s1. The fourth-order valence-electron chi connectivity index (χ4n) is 4.64. The van der Waals surface area contributed by atoms with E-state index in [2.05, 4.69) is 4.99 Å². The van der Waals surface area contributed by atoms with Gasteiger partial charge in [0.25, 0.3) is 17.2 Å². The van der Waals surface area contributed by atoms with Crippen LogP contribution in [0.3, 0.4) is 0 Å². The Hall–Kier alpha value is -4.71. The zero-order valence-electron chi connectivity index (χ0n) is 21.3. The molecule has 12 heteroatoms. The lowest BCUT2D eigenvalue weighted by Crippen LogP contribution is -2.35. The van der Waals surface area contributed by atoms with Crippen LogP contribution in [0.1, 0.15) is 46.0 Å². The summed E-state index contributed by atoms with van der Waals surface area (Å²) < 4.78 is 14.0. The lowest BCUT2D eigenvalue weighted by atomic mass is 10.1. The second-order valence-corrected chi connectivity index (χ2v) is 9.11. The maximum Gasteiger partial charge on any atom is 0.341 e. The van der Waals surface area contributed by atoms with Crippen LogP contribution in [0.4, 0.5) is 5.69 Å². The topological polar surface area (TPSA) is 147 Å². The third-order valence-electron chi connectivity index (χ3n) is 6.52. The number of esters is 1. The summed E-state index contributed by atoms with van der Waals surface area (Å²) in [5.74, 6) is -1.58.